The summed E-state index contributed by atoms with van der Waals surface area (Å²) < 4.78 is 0. The predicted molar refractivity (Wildman–Crippen MR) is 78.9 cm³/mol. The Balaban J connectivity index is 1.90. The SMILES string of the molecule is CCCCC1N[C@@H]2CCCC[C@H]2NC1CCCC. The summed E-state index contributed by atoms with van der Waals surface area (Å²) in [5, 5.41) is 7.97. The molecule has 2 heteroatoms. The van der Waals surface area contributed by atoms with Gasteiger partial charge in [0.05, 0.1) is 0 Å². The summed E-state index contributed by atoms with van der Waals surface area (Å²) in [6.07, 6.45) is 13.8. The van der Waals surface area contributed by atoms with Crippen LogP contribution >= 0.6 is 0 Å². The molecular weight excluding hydrogens is 220 g/mol. The molecule has 1 heterocycles. The van der Waals surface area contributed by atoms with Crippen molar-refractivity contribution in [3.05, 3.63) is 0 Å². The van der Waals surface area contributed by atoms with Crippen LogP contribution in [-0.2, 0) is 0 Å². The van der Waals surface area contributed by atoms with Gasteiger partial charge in [-0.05, 0) is 25.7 Å². The molecule has 0 spiro atoms. The Morgan fingerprint density at radius 3 is 1.61 bits per heavy atom. The minimum atomic E-state index is 0.732. The molecule has 18 heavy (non-hydrogen) atoms. The molecule has 2 aliphatic rings. The molecule has 0 aromatic heterocycles. The number of nitrogens with one attached hydrogen (secondary N) is 2. The highest BCUT2D eigenvalue weighted by atomic mass is 15.1. The zero-order chi connectivity index (χ0) is 12.8. The summed E-state index contributed by atoms with van der Waals surface area (Å²) in [5.41, 5.74) is 0. The average molecular weight is 252 g/mol. The van der Waals surface area contributed by atoms with E-state index in [0.29, 0.717) is 0 Å². The van der Waals surface area contributed by atoms with E-state index in [0.717, 1.165) is 24.2 Å². The summed E-state index contributed by atoms with van der Waals surface area (Å²) in [5.74, 6) is 0. The van der Waals surface area contributed by atoms with Crippen molar-refractivity contribution in [1.29, 1.82) is 0 Å². The summed E-state index contributed by atoms with van der Waals surface area (Å²) in [4.78, 5) is 0. The second-order valence-corrected chi connectivity index (χ2v) is 6.33. The van der Waals surface area contributed by atoms with Gasteiger partial charge in [-0.15, -0.1) is 0 Å². The zero-order valence-corrected chi connectivity index (χ0v) is 12.4. The summed E-state index contributed by atoms with van der Waals surface area (Å²) in [6, 6.07) is 2.99. The lowest BCUT2D eigenvalue weighted by molar-refractivity contribution is 0.154. The van der Waals surface area contributed by atoms with Crippen LogP contribution in [0.4, 0.5) is 0 Å². The van der Waals surface area contributed by atoms with Crippen LogP contribution in [0.15, 0.2) is 0 Å². The lowest BCUT2D eigenvalue weighted by Gasteiger charge is -2.46. The second kappa shape index (κ2) is 7.49. The Morgan fingerprint density at radius 2 is 1.22 bits per heavy atom. The van der Waals surface area contributed by atoms with Gasteiger partial charge in [-0.2, -0.15) is 0 Å². The molecule has 1 aliphatic heterocycles. The maximum atomic E-state index is 3.99. The van der Waals surface area contributed by atoms with Crippen LogP contribution in [0.1, 0.15) is 78.1 Å². The highest BCUT2D eigenvalue weighted by molar-refractivity contribution is 4.99. The average Bonchev–Trinajstić information content (AvgIpc) is 2.42. The van der Waals surface area contributed by atoms with Crippen molar-refractivity contribution in [2.45, 2.75) is 102 Å². The molecule has 2 N–H and O–H groups in total. The third kappa shape index (κ3) is 3.71. The van der Waals surface area contributed by atoms with Gasteiger partial charge in [-0.25, -0.2) is 0 Å². The Bertz CT molecular complexity index is 205. The Kier molecular flexibility index (Phi) is 5.97. The molecule has 106 valence electrons. The molecule has 0 radical (unpaired) electrons. The Labute approximate surface area is 113 Å². The molecule has 2 nitrogen and oxygen atoms in total. The smallest absolute Gasteiger partial charge is 0.0224 e. The molecule has 0 bridgehead atoms. The van der Waals surface area contributed by atoms with E-state index in [-0.39, 0.29) is 0 Å². The largest absolute Gasteiger partial charge is 0.308 e. The quantitative estimate of drug-likeness (QED) is 0.754. The first-order chi connectivity index (χ1) is 8.85. The van der Waals surface area contributed by atoms with E-state index >= 15 is 0 Å². The first kappa shape index (κ1) is 14.3. The van der Waals surface area contributed by atoms with Crippen molar-refractivity contribution in [2.24, 2.45) is 0 Å². The maximum absolute atomic E-state index is 3.99. The number of piperazine rings is 1. The molecule has 1 saturated carbocycles. The van der Waals surface area contributed by atoms with Gasteiger partial charge < -0.3 is 10.6 Å². The van der Waals surface area contributed by atoms with Gasteiger partial charge in [0.25, 0.3) is 0 Å². The van der Waals surface area contributed by atoms with E-state index in [2.05, 4.69) is 24.5 Å². The van der Waals surface area contributed by atoms with Crippen LogP contribution in [0, 0.1) is 0 Å². The molecule has 1 saturated heterocycles. The van der Waals surface area contributed by atoms with Gasteiger partial charge in [0.15, 0.2) is 0 Å². The van der Waals surface area contributed by atoms with Crippen molar-refractivity contribution in [2.75, 3.05) is 0 Å². The number of unbranched alkanes of at least 4 members (excludes halogenated alkanes) is 2. The number of fused-ring (bicyclic) bond motifs is 1. The first-order valence-corrected chi connectivity index (χ1v) is 8.37. The minimum Gasteiger partial charge on any atom is -0.308 e. The van der Waals surface area contributed by atoms with Crippen molar-refractivity contribution in [3.63, 3.8) is 0 Å². The van der Waals surface area contributed by atoms with Gasteiger partial charge in [0.2, 0.25) is 0 Å². The standard InChI is InChI=1S/C16H32N2/c1-3-5-9-13-14(10-6-4-2)18-16-12-8-7-11-15(16)17-13/h13-18H,3-12H2,1-2H3/t13?,14?,15-,16-/m1/s1. The van der Waals surface area contributed by atoms with Crippen LogP contribution < -0.4 is 10.6 Å². The van der Waals surface area contributed by atoms with Crippen molar-refractivity contribution in [3.8, 4) is 0 Å². The molecule has 0 aromatic rings. The van der Waals surface area contributed by atoms with E-state index in [1.165, 1.54) is 64.2 Å². The van der Waals surface area contributed by atoms with E-state index < -0.39 is 0 Å². The van der Waals surface area contributed by atoms with E-state index in [1.807, 2.05) is 0 Å². The molecule has 2 fully saturated rings. The Morgan fingerprint density at radius 1 is 0.778 bits per heavy atom. The first-order valence-electron chi connectivity index (χ1n) is 8.37. The molecule has 2 rings (SSSR count). The third-order valence-corrected chi connectivity index (χ3v) is 4.85. The van der Waals surface area contributed by atoms with Crippen LogP contribution in [0.3, 0.4) is 0 Å². The minimum absolute atomic E-state index is 0.732. The summed E-state index contributed by atoms with van der Waals surface area (Å²) in [7, 11) is 0. The summed E-state index contributed by atoms with van der Waals surface area (Å²) in [6.45, 7) is 4.61. The lowest BCUT2D eigenvalue weighted by atomic mass is 9.83. The third-order valence-electron chi connectivity index (χ3n) is 4.85. The van der Waals surface area contributed by atoms with Gasteiger partial charge in [0.1, 0.15) is 0 Å². The maximum Gasteiger partial charge on any atom is 0.0224 e. The van der Waals surface area contributed by atoms with Gasteiger partial charge in [-0.1, -0.05) is 52.4 Å². The highest BCUT2D eigenvalue weighted by Gasteiger charge is 2.36. The molecule has 0 aromatic carbocycles. The van der Waals surface area contributed by atoms with E-state index in [4.69, 9.17) is 0 Å². The van der Waals surface area contributed by atoms with Crippen LogP contribution in [-0.4, -0.2) is 24.2 Å². The van der Waals surface area contributed by atoms with Crippen LogP contribution in [0.5, 0.6) is 0 Å². The van der Waals surface area contributed by atoms with E-state index in [9.17, 15) is 0 Å². The zero-order valence-electron chi connectivity index (χ0n) is 12.4. The normalized spacial score (nSPS) is 36.3. The predicted octanol–water partition coefficient (Wildman–Crippen LogP) is 3.61. The van der Waals surface area contributed by atoms with Crippen molar-refractivity contribution >= 4 is 0 Å². The lowest BCUT2D eigenvalue weighted by Crippen LogP contribution is -2.66. The molecule has 4 atom stereocenters. The van der Waals surface area contributed by atoms with Gasteiger partial charge in [-0.3, -0.25) is 0 Å². The fraction of sp³-hybridized carbons (Fsp3) is 1.00. The topological polar surface area (TPSA) is 24.1 Å². The van der Waals surface area contributed by atoms with Crippen LogP contribution in [0.2, 0.25) is 0 Å². The van der Waals surface area contributed by atoms with Gasteiger partial charge in [0, 0.05) is 24.2 Å². The summed E-state index contributed by atoms with van der Waals surface area (Å²) >= 11 is 0. The van der Waals surface area contributed by atoms with Crippen LogP contribution in [0.25, 0.3) is 0 Å². The Hall–Kier alpha value is -0.0800. The number of hydrogen-bond acceptors (Lipinski definition) is 2. The number of rotatable bonds is 6. The molecular formula is C16H32N2. The van der Waals surface area contributed by atoms with Crippen molar-refractivity contribution < 1.29 is 0 Å². The van der Waals surface area contributed by atoms with E-state index in [1.54, 1.807) is 0 Å². The van der Waals surface area contributed by atoms with Crippen molar-refractivity contribution in [1.82, 2.24) is 10.6 Å². The molecule has 1 aliphatic carbocycles. The molecule has 2 unspecified atom stereocenters. The van der Waals surface area contributed by atoms with Gasteiger partial charge >= 0.3 is 0 Å². The number of hydrogen-bond donors (Lipinski definition) is 2. The fourth-order valence-corrected chi connectivity index (χ4v) is 3.73. The fourth-order valence-electron chi connectivity index (χ4n) is 3.73. The molecule has 0 amide bonds. The highest BCUT2D eigenvalue weighted by Crippen LogP contribution is 2.26. The second-order valence-electron chi connectivity index (χ2n) is 6.33. The monoisotopic (exact) mass is 252 g/mol.